The van der Waals surface area contributed by atoms with Gasteiger partial charge >= 0.3 is 99.2 Å². The second-order valence-electron chi connectivity index (χ2n) is 10.2. The fraction of sp³-hybridized carbons (Fsp3) is 0.231. The van der Waals surface area contributed by atoms with E-state index in [1.54, 1.807) is 5.57 Å². The van der Waals surface area contributed by atoms with E-state index in [1.165, 1.54) is 89.7 Å². The molecule has 5 aromatic rings. The van der Waals surface area contributed by atoms with Gasteiger partial charge in [0.25, 0.3) is 0 Å². The molecule has 0 spiro atoms. The molecule has 1 aliphatic rings. The monoisotopic (exact) mass is 670 g/mol. The molecule has 0 amide bonds. The number of halogens is 2. The fourth-order valence-corrected chi connectivity index (χ4v) is 5.97. The van der Waals surface area contributed by atoms with Gasteiger partial charge < -0.3 is 0 Å². The molecule has 0 N–H and O–H groups in total. The van der Waals surface area contributed by atoms with Crippen LogP contribution in [0.3, 0.4) is 0 Å². The molecule has 0 saturated carbocycles. The topological polar surface area (TPSA) is 0 Å². The maximum absolute atomic E-state index is 3.23. The van der Waals surface area contributed by atoms with Crippen LogP contribution in [0.1, 0.15) is 69.2 Å². The van der Waals surface area contributed by atoms with E-state index in [1.807, 2.05) is 0 Å². The molecule has 1 aliphatic carbocycles. The van der Waals surface area contributed by atoms with Gasteiger partial charge in [-0.3, -0.25) is 6.08 Å². The van der Waals surface area contributed by atoms with Gasteiger partial charge in [0, 0.05) is 0 Å². The average Bonchev–Trinajstić information content (AvgIpc) is 3.65. The summed E-state index contributed by atoms with van der Waals surface area (Å²) in [6, 6.07) is 37.1. The van der Waals surface area contributed by atoms with Crippen molar-refractivity contribution < 1.29 is 24.2 Å². The van der Waals surface area contributed by atoms with Gasteiger partial charge in [0.2, 0.25) is 0 Å². The molecule has 0 aliphatic heterocycles. The van der Waals surface area contributed by atoms with E-state index in [9.17, 15) is 0 Å². The Labute approximate surface area is 280 Å². The van der Waals surface area contributed by atoms with Crippen molar-refractivity contribution in [2.45, 2.75) is 59.8 Å². The minimum atomic E-state index is 0. The van der Waals surface area contributed by atoms with Crippen LogP contribution in [-0.4, -0.2) is 3.21 Å². The Bertz CT molecular complexity index is 1510. The molecule has 0 fully saturated rings. The van der Waals surface area contributed by atoms with E-state index in [0.717, 1.165) is 19.3 Å². The zero-order valence-corrected chi connectivity index (χ0v) is 29.3. The van der Waals surface area contributed by atoms with Crippen LogP contribution in [0.15, 0.2) is 120 Å². The molecule has 0 radical (unpaired) electrons. The summed E-state index contributed by atoms with van der Waals surface area (Å²) < 4.78 is 1.42. The Kier molecular flexibility index (Phi) is 15.6. The first-order valence-corrected chi connectivity index (χ1v) is 15.9. The van der Waals surface area contributed by atoms with E-state index in [-0.39, 0.29) is 24.8 Å². The van der Waals surface area contributed by atoms with Gasteiger partial charge in [-0.05, 0) is 12.8 Å². The Morgan fingerprint density at radius 1 is 0.643 bits per heavy atom. The molecule has 5 aromatic carbocycles. The molecular formula is C39H42Cl2Zr. The van der Waals surface area contributed by atoms with Crippen molar-refractivity contribution in [2.75, 3.05) is 0 Å². The number of hydrogen-bond donors (Lipinski definition) is 0. The summed E-state index contributed by atoms with van der Waals surface area (Å²) in [6.45, 7) is 8.83. The predicted molar refractivity (Wildman–Crippen MR) is 186 cm³/mol. The number of benzene rings is 4. The summed E-state index contributed by atoms with van der Waals surface area (Å²) in [4.78, 5) is 0. The first-order valence-electron chi connectivity index (χ1n) is 14.7. The standard InChI is InChI=1S/C17H17.C13H10.C9H13.2ClH.Zr/c1-3-12-5-7-16-14(9-12)11-15-10-13(4-2)6-8-17(15)16;1-3-7-12(8-4-1)11-13-9-5-2-6-10-13;1-3-8-6-5-7-9(8)4-2;;;/h5-11H,3-4H2,1-2H3;1-10H;6H,3-4,7H2,1-2H3;2*1H;/q-1;;-1;;;+2. The number of fused-ring (bicyclic) bond motifs is 3. The number of rotatable bonds is 6. The fourth-order valence-electron chi connectivity index (χ4n) is 5.15. The average molecular weight is 673 g/mol. The van der Waals surface area contributed by atoms with Crippen LogP contribution < -0.4 is 0 Å². The number of aryl methyl sites for hydroxylation is 2. The summed E-state index contributed by atoms with van der Waals surface area (Å²) in [6.07, 6.45) is 11.0. The third-order valence-corrected chi connectivity index (χ3v) is 9.05. The molecule has 0 bridgehead atoms. The summed E-state index contributed by atoms with van der Waals surface area (Å²) in [5.74, 6) is 0. The molecule has 0 atom stereocenters. The molecule has 216 valence electrons. The second-order valence-corrected chi connectivity index (χ2v) is 11.4. The molecule has 3 heteroatoms. The Hall–Kier alpha value is -2.44. The Balaban J connectivity index is 0.000000225. The third kappa shape index (κ3) is 9.28. The van der Waals surface area contributed by atoms with Crippen LogP contribution in [0.2, 0.25) is 0 Å². The van der Waals surface area contributed by atoms with E-state index < -0.39 is 0 Å². The first kappa shape index (κ1) is 35.8. The van der Waals surface area contributed by atoms with Gasteiger partial charge in [-0.25, -0.2) is 6.08 Å². The van der Waals surface area contributed by atoms with E-state index >= 15 is 0 Å². The van der Waals surface area contributed by atoms with E-state index in [4.69, 9.17) is 0 Å². The van der Waals surface area contributed by atoms with Crippen molar-refractivity contribution in [3.8, 4) is 0 Å². The van der Waals surface area contributed by atoms with Crippen molar-refractivity contribution >= 4 is 49.6 Å². The zero-order valence-electron chi connectivity index (χ0n) is 25.2. The van der Waals surface area contributed by atoms with Crippen molar-refractivity contribution in [2.24, 2.45) is 0 Å². The van der Waals surface area contributed by atoms with Crippen LogP contribution in [-0.2, 0) is 37.1 Å². The van der Waals surface area contributed by atoms with E-state index in [2.05, 4.69) is 143 Å². The molecule has 42 heavy (non-hydrogen) atoms. The van der Waals surface area contributed by atoms with Crippen LogP contribution in [0.5, 0.6) is 0 Å². The second kappa shape index (κ2) is 18.3. The SMILES string of the molecule is CCC1=C(CC)C[C-]=C1.CCc1ccc2c(c1)[cH-]c1cc(CC)ccc12.Cl.Cl.[Zr+2]=[C](c1ccccc1)c1ccccc1. The van der Waals surface area contributed by atoms with Crippen molar-refractivity contribution in [1.29, 1.82) is 0 Å². The molecule has 0 aromatic heterocycles. The third-order valence-electron chi connectivity index (χ3n) is 7.63. The Morgan fingerprint density at radius 3 is 1.50 bits per heavy atom. The van der Waals surface area contributed by atoms with Gasteiger partial charge in [0.1, 0.15) is 0 Å². The van der Waals surface area contributed by atoms with Gasteiger partial charge in [0.05, 0.1) is 0 Å². The van der Waals surface area contributed by atoms with Gasteiger partial charge in [-0.1, -0.05) is 75.9 Å². The van der Waals surface area contributed by atoms with Gasteiger partial charge in [-0.15, -0.1) is 71.0 Å². The van der Waals surface area contributed by atoms with Crippen molar-refractivity contribution in [3.63, 3.8) is 0 Å². The molecular weight excluding hydrogens is 631 g/mol. The van der Waals surface area contributed by atoms with Gasteiger partial charge in [-0.2, -0.15) is 11.1 Å². The quantitative estimate of drug-likeness (QED) is 0.158. The molecule has 0 unspecified atom stereocenters. The van der Waals surface area contributed by atoms with E-state index in [0.29, 0.717) is 0 Å². The summed E-state index contributed by atoms with van der Waals surface area (Å²) >= 11 is 1.46. The maximum atomic E-state index is 3.23. The summed E-state index contributed by atoms with van der Waals surface area (Å²) in [7, 11) is 0. The minimum absolute atomic E-state index is 0. The Morgan fingerprint density at radius 2 is 1.12 bits per heavy atom. The molecule has 0 heterocycles. The predicted octanol–water partition coefficient (Wildman–Crippen LogP) is 11.3. The zero-order chi connectivity index (χ0) is 28.3. The van der Waals surface area contributed by atoms with Crippen LogP contribution >= 0.6 is 24.8 Å². The first-order chi connectivity index (χ1) is 19.6. The molecule has 0 nitrogen and oxygen atoms in total. The van der Waals surface area contributed by atoms with Crippen molar-refractivity contribution in [1.82, 2.24) is 0 Å². The van der Waals surface area contributed by atoms with Crippen LogP contribution in [0.4, 0.5) is 0 Å². The molecule has 0 saturated heterocycles. The summed E-state index contributed by atoms with van der Waals surface area (Å²) in [5.41, 5.74) is 8.59. The number of allylic oxidation sites excluding steroid dienone is 4. The van der Waals surface area contributed by atoms with Gasteiger partial charge in [0.15, 0.2) is 0 Å². The van der Waals surface area contributed by atoms with Crippen LogP contribution in [0.25, 0.3) is 21.5 Å². The van der Waals surface area contributed by atoms with Crippen molar-refractivity contribution in [3.05, 3.63) is 149 Å². The summed E-state index contributed by atoms with van der Waals surface area (Å²) in [5, 5.41) is 5.54. The normalized spacial score (nSPS) is 11.7. The number of hydrogen-bond acceptors (Lipinski definition) is 0. The van der Waals surface area contributed by atoms with Crippen LogP contribution in [0, 0.1) is 6.08 Å². The molecule has 6 rings (SSSR count).